The van der Waals surface area contributed by atoms with Crippen LogP contribution < -0.4 is 0 Å². The fourth-order valence-electron chi connectivity index (χ4n) is 0.990. The van der Waals surface area contributed by atoms with Crippen molar-refractivity contribution in [3.8, 4) is 0 Å². The van der Waals surface area contributed by atoms with Crippen molar-refractivity contribution in [1.29, 1.82) is 0 Å². The van der Waals surface area contributed by atoms with E-state index in [9.17, 15) is 0 Å². The lowest BCUT2D eigenvalue weighted by molar-refractivity contribution is 0.296. The molecule has 0 rings (SSSR count). The topological polar surface area (TPSA) is 9.23 Å². The molecular weight excluding hydrogens is 156 g/mol. The van der Waals surface area contributed by atoms with Crippen LogP contribution in [0.1, 0.15) is 20.8 Å². The van der Waals surface area contributed by atoms with Crippen LogP contribution in [0.25, 0.3) is 0 Å². The molecular formula is C9H16OS. The van der Waals surface area contributed by atoms with Crippen LogP contribution in [-0.2, 0) is 4.74 Å². The molecule has 0 radical (unpaired) electrons. The Kier molecular flexibility index (Phi) is 5.12. The van der Waals surface area contributed by atoms with Crippen LogP contribution >= 0.6 is 11.8 Å². The molecule has 0 aliphatic carbocycles. The van der Waals surface area contributed by atoms with Crippen LogP contribution in [0.3, 0.4) is 0 Å². The largest absolute Gasteiger partial charge is 0.497 e. The van der Waals surface area contributed by atoms with Gasteiger partial charge in [0.05, 0.1) is 7.11 Å². The maximum absolute atomic E-state index is 5.22. The smallest absolute Gasteiger partial charge is 0.120 e. The maximum atomic E-state index is 5.22. The van der Waals surface area contributed by atoms with E-state index in [2.05, 4.69) is 26.2 Å². The maximum Gasteiger partial charge on any atom is 0.120 e. The van der Waals surface area contributed by atoms with Crippen molar-refractivity contribution < 1.29 is 4.74 Å². The molecule has 0 spiro atoms. The minimum absolute atomic E-state index is 0.999. The van der Waals surface area contributed by atoms with Gasteiger partial charge in [0.2, 0.25) is 0 Å². The highest BCUT2D eigenvalue weighted by molar-refractivity contribution is 8.01. The predicted molar refractivity (Wildman–Crippen MR) is 52.7 cm³/mol. The first-order valence-electron chi connectivity index (χ1n) is 3.54. The number of hydrogen-bond acceptors (Lipinski definition) is 2. The molecule has 0 bridgehead atoms. The molecule has 0 aromatic rings. The molecule has 0 heterocycles. The number of allylic oxidation sites excluding steroid dienone is 2. The average Bonchev–Trinajstić information content (AvgIpc) is 1.88. The van der Waals surface area contributed by atoms with E-state index in [1.54, 1.807) is 18.9 Å². The van der Waals surface area contributed by atoms with Gasteiger partial charge in [0.1, 0.15) is 5.76 Å². The van der Waals surface area contributed by atoms with Crippen molar-refractivity contribution in [1.82, 2.24) is 0 Å². The van der Waals surface area contributed by atoms with E-state index in [-0.39, 0.29) is 0 Å². The highest BCUT2D eigenvalue weighted by Crippen LogP contribution is 2.17. The zero-order valence-electron chi connectivity index (χ0n) is 7.89. The lowest BCUT2D eigenvalue weighted by atomic mass is 10.2. The Bertz CT molecular complexity index is 176. The highest BCUT2D eigenvalue weighted by atomic mass is 32.2. The summed E-state index contributed by atoms with van der Waals surface area (Å²) in [6.45, 7) is 6.16. The average molecular weight is 172 g/mol. The third kappa shape index (κ3) is 3.51. The monoisotopic (exact) mass is 172 g/mol. The minimum Gasteiger partial charge on any atom is -0.497 e. The summed E-state index contributed by atoms with van der Waals surface area (Å²) in [4.78, 5) is 0. The van der Waals surface area contributed by atoms with E-state index in [4.69, 9.17) is 4.74 Å². The van der Waals surface area contributed by atoms with Crippen molar-refractivity contribution in [2.75, 3.05) is 13.4 Å². The summed E-state index contributed by atoms with van der Waals surface area (Å²) in [5, 5.41) is 2.09. The zero-order valence-corrected chi connectivity index (χ0v) is 8.71. The Morgan fingerprint density at radius 2 is 1.82 bits per heavy atom. The van der Waals surface area contributed by atoms with E-state index in [1.165, 1.54) is 11.1 Å². The predicted octanol–water partition coefficient (Wildman–Crippen LogP) is 3.19. The van der Waals surface area contributed by atoms with E-state index < -0.39 is 0 Å². The van der Waals surface area contributed by atoms with Gasteiger partial charge in [-0.05, 0) is 43.6 Å². The lowest BCUT2D eigenvalue weighted by Crippen LogP contribution is -1.90. The molecule has 0 aliphatic heterocycles. The SMILES string of the molecule is COC(C(C)=CSC)=C(C)C. The zero-order chi connectivity index (χ0) is 8.85. The van der Waals surface area contributed by atoms with Crippen molar-refractivity contribution in [2.45, 2.75) is 20.8 Å². The molecule has 0 saturated heterocycles. The number of ether oxygens (including phenoxy) is 1. The quantitative estimate of drug-likeness (QED) is 0.477. The minimum atomic E-state index is 0.999. The Hall–Kier alpha value is -0.370. The molecule has 11 heavy (non-hydrogen) atoms. The van der Waals surface area contributed by atoms with Crippen LogP contribution in [0, 0.1) is 0 Å². The summed E-state index contributed by atoms with van der Waals surface area (Å²) in [5.41, 5.74) is 2.41. The summed E-state index contributed by atoms with van der Waals surface area (Å²) in [5.74, 6) is 0.999. The van der Waals surface area contributed by atoms with Gasteiger partial charge in [-0.25, -0.2) is 0 Å². The Morgan fingerprint density at radius 1 is 1.27 bits per heavy atom. The number of rotatable bonds is 3. The van der Waals surface area contributed by atoms with E-state index in [1.807, 2.05) is 6.26 Å². The van der Waals surface area contributed by atoms with Crippen LogP contribution in [-0.4, -0.2) is 13.4 Å². The van der Waals surface area contributed by atoms with E-state index >= 15 is 0 Å². The lowest BCUT2D eigenvalue weighted by Gasteiger charge is -2.07. The van der Waals surface area contributed by atoms with Gasteiger partial charge in [0.15, 0.2) is 0 Å². The molecule has 0 atom stereocenters. The third-order valence-electron chi connectivity index (χ3n) is 1.31. The molecule has 0 fully saturated rings. The van der Waals surface area contributed by atoms with Crippen LogP contribution in [0.2, 0.25) is 0 Å². The molecule has 0 aromatic heterocycles. The second kappa shape index (κ2) is 5.30. The molecule has 0 amide bonds. The van der Waals surface area contributed by atoms with Crippen LogP contribution in [0.5, 0.6) is 0 Å². The normalized spacial score (nSPS) is 11.2. The van der Waals surface area contributed by atoms with Crippen molar-refractivity contribution in [2.24, 2.45) is 0 Å². The fraction of sp³-hybridized carbons (Fsp3) is 0.556. The Morgan fingerprint density at radius 3 is 2.09 bits per heavy atom. The summed E-state index contributed by atoms with van der Waals surface area (Å²) in [6.07, 6.45) is 2.04. The first kappa shape index (κ1) is 10.6. The van der Waals surface area contributed by atoms with Crippen LogP contribution in [0.15, 0.2) is 22.3 Å². The number of methoxy groups -OCH3 is 1. The van der Waals surface area contributed by atoms with Crippen molar-refractivity contribution in [3.63, 3.8) is 0 Å². The molecule has 2 heteroatoms. The van der Waals surface area contributed by atoms with Gasteiger partial charge in [-0.3, -0.25) is 0 Å². The Labute approximate surface area is 73.5 Å². The second-order valence-electron chi connectivity index (χ2n) is 2.57. The second-order valence-corrected chi connectivity index (χ2v) is 3.28. The summed E-state index contributed by atoms with van der Waals surface area (Å²) >= 11 is 1.69. The molecule has 1 nitrogen and oxygen atoms in total. The molecule has 0 N–H and O–H groups in total. The first-order valence-corrected chi connectivity index (χ1v) is 4.83. The molecule has 0 unspecified atom stereocenters. The highest BCUT2D eigenvalue weighted by Gasteiger charge is 1.99. The van der Waals surface area contributed by atoms with Gasteiger partial charge >= 0.3 is 0 Å². The van der Waals surface area contributed by atoms with Crippen molar-refractivity contribution >= 4 is 11.8 Å². The molecule has 0 aliphatic rings. The van der Waals surface area contributed by atoms with Gasteiger partial charge in [-0.2, -0.15) is 0 Å². The Balaban J connectivity index is 4.53. The van der Waals surface area contributed by atoms with Gasteiger partial charge in [-0.1, -0.05) is 0 Å². The summed E-state index contributed by atoms with van der Waals surface area (Å²) < 4.78 is 5.22. The molecule has 0 saturated carbocycles. The van der Waals surface area contributed by atoms with Crippen molar-refractivity contribution in [3.05, 3.63) is 22.3 Å². The number of thioether (sulfide) groups is 1. The summed E-state index contributed by atoms with van der Waals surface area (Å²) in [7, 11) is 1.71. The van der Waals surface area contributed by atoms with Gasteiger partial charge in [0, 0.05) is 0 Å². The van der Waals surface area contributed by atoms with Gasteiger partial charge in [0.25, 0.3) is 0 Å². The van der Waals surface area contributed by atoms with Gasteiger partial charge in [-0.15, -0.1) is 11.8 Å². The standard InChI is InChI=1S/C9H16OS/c1-7(2)9(10-4)8(3)6-11-5/h6H,1-5H3. The van der Waals surface area contributed by atoms with E-state index in [0.717, 1.165) is 5.76 Å². The van der Waals surface area contributed by atoms with Gasteiger partial charge < -0.3 is 4.74 Å². The fourth-order valence-corrected chi connectivity index (χ4v) is 1.45. The molecule has 64 valence electrons. The molecule has 0 aromatic carbocycles. The number of hydrogen-bond donors (Lipinski definition) is 0. The van der Waals surface area contributed by atoms with Crippen LogP contribution in [0.4, 0.5) is 0 Å². The van der Waals surface area contributed by atoms with E-state index in [0.29, 0.717) is 0 Å². The summed E-state index contributed by atoms with van der Waals surface area (Å²) in [6, 6.07) is 0. The first-order chi connectivity index (χ1) is 5.13. The third-order valence-corrected chi connectivity index (χ3v) is 1.90.